The summed E-state index contributed by atoms with van der Waals surface area (Å²) in [5.74, 6) is -3.10. The Bertz CT molecular complexity index is 827. The summed E-state index contributed by atoms with van der Waals surface area (Å²) in [6.45, 7) is 5.93. The van der Waals surface area contributed by atoms with Crippen LogP contribution in [0.2, 0.25) is 0 Å². The van der Waals surface area contributed by atoms with Crippen molar-refractivity contribution in [1.29, 1.82) is 0 Å². The van der Waals surface area contributed by atoms with Gasteiger partial charge in [-0.25, -0.2) is 0 Å². The minimum Gasteiger partial charge on any atom is -0.480 e. The molecule has 12 heteroatoms. The zero-order valence-corrected chi connectivity index (χ0v) is 27.6. The van der Waals surface area contributed by atoms with Gasteiger partial charge in [0.15, 0.2) is 0 Å². The van der Waals surface area contributed by atoms with Gasteiger partial charge in [-0.15, -0.1) is 0 Å². The van der Waals surface area contributed by atoms with Crippen LogP contribution in [0.15, 0.2) is 0 Å². The van der Waals surface area contributed by atoms with E-state index in [0.29, 0.717) is 51.6 Å². The van der Waals surface area contributed by atoms with E-state index < -0.39 is 47.9 Å². The zero-order chi connectivity index (χ0) is 33.2. The average molecular weight is 627 g/mol. The van der Waals surface area contributed by atoms with Crippen LogP contribution in [0.1, 0.15) is 136 Å². The van der Waals surface area contributed by atoms with E-state index in [0.717, 1.165) is 19.3 Å². The summed E-state index contributed by atoms with van der Waals surface area (Å²) in [5.41, 5.74) is 11.2. The van der Waals surface area contributed by atoms with Crippen molar-refractivity contribution in [3.05, 3.63) is 0 Å². The highest BCUT2D eigenvalue weighted by molar-refractivity contribution is 5.94. The lowest BCUT2D eigenvalue weighted by Gasteiger charge is -2.24. The molecule has 0 heterocycles. The number of carboxylic acids is 1. The predicted molar refractivity (Wildman–Crippen MR) is 174 cm³/mol. The maximum absolute atomic E-state index is 13.1. The number of hydrogen-bond donors (Lipinski definition) is 7. The lowest BCUT2D eigenvalue weighted by atomic mass is 10.0. The van der Waals surface area contributed by atoms with E-state index in [1.54, 1.807) is 0 Å². The number of amides is 4. The Morgan fingerprint density at radius 1 is 0.545 bits per heavy atom. The standard InChI is InChI=1S/C32H62N6O6/c1-4-5-6-7-8-9-10-11-12-13-14-21-28(39)37-26(19-15-17-22-33)30(41)35-24(2)29(40)38-27(20-16-18-23-34)31(42)36-25(3)32(43)44/h24-27H,4-23,33-34H2,1-3H3,(H,35,41)(H,36,42)(H,37,39)(H,38,40)(H,43,44)/t24-,25-,26-,27-/m0/s1. The van der Waals surface area contributed by atoms with Gasteiger partial charge >= 0.3 is 5.97 Å². The molecule has 0 aromatic rings. The Kier molecular flexibility index (Phi) is 25.0. The Labute approximate surface area is 265 Å². The number of nitrogens with one attached hydrogen (secondary N) is 4. The molecule has 0 aromatic heterocycles. The smallest absolute Gasteiger partial charge is 0.325 e. The second-order valence-electron chi connectivity index (χ2n) is 11.8. The summed E-state index contributed by atoms with van der Waals surface area (Å²) in [4.78, 5) is 62.5. The van der Waals surface area contributed by atoms with Gasteiger partial charge in [-0.2, -0.15) is 0 Å². The molecule has 12 nitrogen and oxygen atoms in total. The third-order valence-electron chi connectivity index (χ3n) is 7.67. The van der Waals surface area contributed by atoms with Crippen LogP contribution in [0.5, 0.6) is 0 Å². The van der Waals surface area contributed by atoms with Gasteiger partial charge in [0, 0.05) is 6.42 Å². The third-order valence-corrected chi connectivity index (χ3v) is 7.67. The zero-order valence-electron chi connectivity index (χ0n) is 27.6. The maximum Gasteiger partial charge on any atom is 0.325 e. The van der Waals surface area contributed by atoms with E-state index in [4.69, 9.17) is 16.6 Å². The van der Waals surface area contributed by atoms with Gasteiger partial charge in [-0.1, -0.05) is 71.1 Å². The lowest BCUT2D eigenvalue weighted by molar-refractivity contribution is -0.141. The summed E-state index contributed by atoms with van der Waals surface area (Å²) in [6.07, 6.45) is 16.5. The molecule has 0 aliphatic rings. The SMILES string of the molecule is CCCCCCCCCCCCCC(=O)N[C@@H](CCCCN)C(=O)N[C@@H](C)C(=O)N[C@@H](CCCCN)C(=O)N[C@@H](C)C(=O)O. The fourth-order valence-electron chi connectivity index (χ4n) is 4.79. The Morgan fingerprint density at radius 2 is 0.977 bits per heavy atom. The molecule has 4 atom stereocenters. The van der Waals surface area contributed by atoms with Gasteiger partial charge < -0.3 is 37.8 Å². The molecule has 0 aliphatic carbocycles. The van der Waals surface area contributed by atoms with Crippen LogP contribution in [0.3, 0.4) is 0 Å². The van der Waals surface area contributed by atoms with Crippen molar-refractivity contribution in [3.8, 4) is 0 Å². The molecule has 256 valence electrons. The summed E-state index contributed by atoms with van der Waals surface area (Å²) in [7, 11) is 0. The number of rotatable bonds is 28. The fourth-order valence-corrected chi connectivity index (χ4v) is 4.79. The van der Waals surface area contributed by atoms with E-state index in [-0.39, 0.29) is 12.3 Å². The first kappa shape index (κ1) is 41.3. The van der Waals surface area contributed by atoms with Crippen molar-refractivity contribution < 1.29 is 29.1 Å². The van der Waals surface area contributed by atoms with Crippen molar-refractivity contribution in [2.45, 2.75) is 161 Å². The van der Waals surface area contributed by atoms with Crippen LogP contribution in [-0.2, 0) is 24.0 Å². The number of nitrogens with two attached hydrogens (primary N) is 2. The van der Waals surface area contributed by atoms with Gasteiger partial charge in [0.1, 0.15) is 24.2 Å². The van der Waals surface area contributed by atoms with Crippen LogP contribution in [-0.4, -0.2) is 72.0 Å². The second kappa shape index (κ2) is 26.7. The second-order valence-corrected chi connectivity index (χ2v) is 11.8. The van der Waals surface area contributed by atoms with Crippen molar-refractivity contribution in [1.82, 2.24) is 21.3 Å². The van der Waals surface area contributed by atoms with Crippen molar-refractivity contribution in [3.63, 3.8) is 0 Å². The van der Waals surface area contributed by atoms with Gasteiger partial charge in [-0.05, 0) is 71.9 Å². The first-order chi connectivity index (χ1) is 21.1. The molecule has 0 rings (SSSR count). The Morgan fingerprint density at radius 3 is 1.43 bits per heavy atom. The molecule has 0 fully saturated rings. The minimum absolute atomic E-state index is 0.199. The number of carbonyl (C=O) groups excluding carboxylic acids is 4. The van der Waals surface area contributed by atoms with E-state index in [2.05, 4.69) is 28.2 Å². The number of carboxylic acid groups (broad SMARTS) is 1. The quantitative estimate of drug-likeness (QED) is 0.0641. The highest BCUT2D eigenvalue weighted by atomic mass is 16.4. The van der Waals surface area contributed by atoms with Crippen molar-refractivity contribution >= 4 is 29.6 Å². The topological polar surface area (TPSA) is 206 Å². The van der Waals surface area contributed by atoms with E-state index >= 15 is 0 Å². The molecule has 0 radical (unpaired) electrons. The maximum atomic E-state index is 13.1. The molecule has 44 heavy (non-hydrogen) atoms. The molecule has 0 unspecified atom stereocenters. The van der Waals surface area contributed by atoms with Crippen LogP contribution in [0, 0.1) is 0 Å². The summed E-state index contributed by atoms with van der Waals surface area (Å²) in [6, 6.07) is -3.92. The van der Waals surface area contributed by atoms with Crippen LogP contribution >= 0.6 is 0 Å². The minimum atomic E-state index is -1.20. The average Bonchev–Trinajstić information content (AvgIpc) is 2.98. The Hall–Kier alpha value is -2.73. The van der Waals surface area contributed by atoms with Crippen LogP contribution in [0.25, 0.3) is 0 Å². The molecule has 4 amide bonds. The molecule has 0 bridgehead atoms. The molecule has 0 saturated carbocycles. The highest BCUT2D eigenvalue weighted by Gasteiger charge is 2.28. The van der Waals surface area contributed by atoms with Crippen LogP contribution < -0.4 is 32.7 Å². The molecular formula is C32H62N6O6. The largest absolute Gasteiger partial charge is 0.480 e. The lowest BCUT2D eigenvalue weighted by Crippen LogP contribution is -2.56. The van der Waals surface area contributed by atoms with E-state index in [9.17, 15) is 24.0 Å². The number of carbonyl (C=O) groups is 5. The summed E-state index contributed by atoms with van der Waals surface area (Å²) in [5, 5.41) is 19.6. The van der Waals surface area contributed by atoms with Gasteiger partial charge in [0.2, 0.25) is 23.6 Å². The van der Waals surface area contributed by atoms with E-state index in [1.807, 2.05) is 0 Å². The van der Waals surface area contributed by atoms with E-state index in [1.165, 1.54) is 65.2 Å². The summed E-state index contributed by atoms with van der Waals surface area (Å²) >= 11 is 0. The highest BCUT2D eigenvalue weighted by Crippen LogP contribution is 2.12. The molecule has 0 aliphatic heterocycles. The number of unbranched alkanes of at least 4 members (excludes halogenated alkanes) is 12. The molecule has 0 saturated heterocycles. The van der Waals surface area contributed by atoms with Gasteiger partial charge in [0.05, 0.1) is 0 Å². The van der Waals surface area contributed by atoms with Crippen LogP contribution in [0.4, 0.5) is 0 Å². The first-order valence-corrected chi connectivity index (χ1v) is 16.9. The number of hydrogen-bond acceptors (Lipinski definition) is 7. The monoisotopic (exact) mass is 626 g/mol. The van der Waals surface area contributed by atoms with Gasteiger partial charge in [0.25, 0.3) is 0 Å². The molecular weight excluding hydrogens is 564 g/mol. The fraction of sp³-hybridized carbons (Fsp3) is 0.844. The predicted octanol–water partition coefficient (Wildman–Crippen LogP) is 3.01. The third kappa shape index (κ3) is 21.1. The molecule has 0 aromatic carbocycles. The molecule has 0 spiro atoms. The Balaban J connectivity index is 4.84. The molecule has 9 N–H and O–H groups in total. The van der Waals surface area contributed by atoms with Crippen molar-refractivity contribution in [2.75, 3.05) is 13.1 Å². The number of aliphatic carboxylic acids is 1. The normalized spacial score (nSPS) is 13.8. The van der Waals surface area contributed by atoms with Gasteiger partial charge in [-0.3, -0.25) is 24.0 Å². The summed E-state index contributed by atoms with van der Waals surface area (Å²) < 4.78 is 0. The van der Waals surface area contributed by atoms with Crippen molar-refractivity contribution in [2.24, 2.45) is 11.5 Å². The first-order valence-electron chi connectivity index (χ1n) is 16.9.